The lowest BCUT2D eigenvalue weighted by atomic mass is 9.81. The van der Waals surface area contributed by atoms with E-state index in [2.05, 4.69) is 21.7 Å². The zero-order chi connectivity index (χ0) is 22.3. The van der Waals surface area contributed by atoms with Crippen LogP contribution in [-0.4, -0.2) is 48.3 Å². The van der Waals surface area contributed by atoms with Gasteiger partial charge in [0.15, 0.2) is 0 Å². The molecule has 0 aliphatic carbocycles. The Morgan fingerprint density at radius 1 is 1.31 bits per heavy atom. The molecule has 32 heavy (non-hydrogen) atoms. The Bertz CT molecular complexity index is 1080. The van der Waals surface area contributed by atoms with E-state index >= 15 is 4.39 Å². The number of pyridine rings is 1. The third-order valence-electron chi connectivity index (χ3n) is 6.36. The van der Waals surface area contributed by atoms with E-state index in [1.807, 2.05) is 35.7 Å². The van der Waals surface area contributed by atoms with E-state index in [0.29, 0.717) is 30.2 Å². The van der Waals surface area contributed by atoms with Crippen molar-refractivity contribution in [1.29, 1.82) is 0 Å². The largest absolute Gasteiger partial charge is 0.497 e. The fraction of sp³-hybridized carbons (Fsp3) is 0.423. The summed E-state index contributed by atoms with van der Waals surface area (Å²) in [5.74, 6) is 7.63. The molecule has 1 aliphatic heterocycles. The van der Waals surface area contributed by atoms with Gasteiger partial charge in [-0.05, 0) is 78.9 Å². The Hall–Kier alpha value is -2.46. The molecular weight excluding hydrogens is 423 g/mol. The number of aliphatic hydroxyl groups excluding tert-OH is 1. The van der Waals surface area contributed by atoms with Crippen molar-refractivity contribution >= 4 is 22.2 Å². The SMILES string of the molecule is COc1ccc2nccc([C@H](F)CC[C@@H]3CCN(CC#Cc4cccs4)C[C@@H]3CO)c2c1. The third-order valence-corrected chi connectivity index (χ3v) is 7.14. The fourth-order valence-corrected chi connectivity index (χ4v) is 5.13. The summed E-state index contributed by atoms with van der Waals surface area (Å²) in [6.45, 7) is 2.59. The second kappa shape index (κ2) is 10.9. The van der Waals surface area contributed by atoms with Crippen molar-refractivity contribution in [3.8, 4) is 17.6 Å². The van der Waals surface area contributed by atoms with Gasteiger partial charge in [-0.3, -0.25) is 9.88 Å². The molecule has 0 saturated carbocycles. The minimum atomic E-state index is -1.07. The highest BCUT2D eigenvalue weighted by Crippen LogP contribution is 2.35. The summed E-state index contributed by atoms with van der Waals surface area (Å²) >= 11 is 1.65. The molecule has 168 valence electrons. The number of rotatable bonds is 7. The van der Waals surface area contributed by atoms with Crippen LogP contribution in [0.5, 0.6) is 5.75 Å². The average Bonchev–Trinajstić information content (AvgIpc) is 3.35. The lowest BCUT2D eigenvalue weighted by Gasteiger charge is -2.37. The summed E-state index contributed by atoms with van der Waals surface area (Å²) < 4.78 is 20.6. The van der Waals surface area contributed by atoms with E-state index in [0.717, 1.165) is 41.7 Å². The van der Waals surface area contributed by atoms with Crippen LogP contribution in [0.15, 0.2) is 48.0 Å². The first-order chi connectivity index (χ1) is 15.7. The molecule has 1 N–H and O–H groups in total. The van der Waals surface area contributed by atoms with Gasteiger partial charge in [0.2, 0.25) is 0 Å². The number of hydrogen-bond acceptors (Lipinski definition) is 5. The molecule has 2 aromatic heterocycles. The van der Waals surface area contributed by atoms with Gasteiger partial charge in [0.25, 0.3) is 0 Å². The number of benzene rings is 1. The van der Waals surface area contributed by atoms with Gasteiger partial charge >= 0.3 is 0 Å². The lowest BCUT2D eigenvalue weighted by Crippen LogP contribution is -2.42. The van der Waals surface area contributed by atoms with Gasteiger partial charge in [0, 0.05) is 24.7 Å². The van der Waals surface area contributed by atoms with Gasteiger partial charge in [-0.15, -0.1) is 11.3 Å². The van der Waals surface area contributed by atoms with Crippen LogP contribution in [0, 0.1) is 23.7 Å². The second-order valence-corrected chi connectivity index (χ2v) is 9.28. The highest BCUT2D eigenvalue weighted by atomic mass is 32.1. The van der Waals surface area contributed by atoms with E-state index < -0.39 is 6.17 Å². The molecule has 1 aromatic carbocycles. The lowest BCUT2D eigenvalue weighted by molar-refractivity contribution is 0.0708. The number of aromatic nitrogens is 1. The average molecular weight is 453 g/mol. The Morgan fingerprint density at radius 3 is 3.00 bits per heavy atom. The summed E-state index contributed by atoms with van der Waals surface area (Å²) in [4.78, 5) is 7.73. The maximum absolute atomic E-state index is 15.3. The summed E-state index contributed by atoms with van der Waals surface area (Å²) in [5, 5.41) is 12.8. The van der Waals surface area contributed by atoms with Crippen molar-refractivity contribution in [2.24, 2.45) is 11.8 Å². The van der Waals surface area contributed by atoms with E-state index in [4.69, 9.17) is 4.74 Å². The first kappa shape index (κ1) is 22.7. The number of nitrogens with zero attached hydrogens (tertiary/aromatic N) is 2. The second-order valence-electron chi connectivity index (χ2n) is 8.33. The normalized spacial score (nSPS) is 20.0. The molecule has 1 aliphatic rings. The molecule has 4 rings (SSSR count). The number of alkyl halides is 1. The number of aliphatic hydroxyl groups is 1. The van der Waals surface area contributed by atoms with E-state index in [-0.39, 0.29) is 12.5 Å². The first-order valence-electron chi connectivity index (χ1n) is 11.1. The summed E-state index contributed by atoms with van der Waals surface area (Å²) in [6, 6.07) is 11.4. The number of ether oxygens (including phenoxy) is 1. The highest BCUT2D eigenvalue weighted by molar-refractivity contribution is 7.10. The highest BCUT2D eigenvalue weighted by Gasteiger charge is 2.29. The van der Waals surface area contributed by atoms with E-state index in [1.54, 1.807) is 30.7 Å². The summed E-state index contributed by atoms with van der Waals surface area (Å²) in [5.41, 5.74) is 1.44. The maximum atomic E-state index is 15.3. The van der Waals surface area contributed by atoms with Gasteiger partial charge in [-0.25, -0.2) is 4.39 Å². The van der Waals surface area contributed by atoms with Crippen molar-refractivity contribution in [3.05, 3.63) is 58.4 Å². The molecule has 1 saturated heterocycles. The number of thiophene rings is 1. The monoisotopic (exact) mass is 452 g/mol. The molecule has 1 fully saturated rings. The molecule has 0 spiro atoms. The first-order valence-corrected chi connectivity index (χ1v) is 12.0. The number of methoxy groups -OCH3 is 1. The maximum Gasteiger partial charge on any atom is 0.126 e. The van der Waals surface area contributed by atoms with Gasteiger partial charge < -0.3 is 9.84 Å². The number of likely N-dealkylation sites (tertiary alicyclic amines) is 1. The molecule has 0 radical (unpaired) electrons. The van der Waals surface area contributed by atoms with Crippen molar-refractivity contribution in [2.45, 2.75) is 25.4 Å². The number of piperidine rings is 1. The summed E-state index contributed by atoms with van der Waals surface area (Å²) in [7, 11) is 1.61. The molecule has 3 aromatic rings. The fourth-order valence-electron chi connectivity index (χ4n) is 4.54. The number of fused-ring (bicyclic) bond motifs is 1. The number of halogens is 1. The van der Waals surface area contributed by atoms with Crippen LogP contribution in [0.3, 0.4) is 0 Å². The van der Waals surface area contributed by atoms with Gasteiger partial charge in [0.05, 0.1) is 24.0 Å². The predicted octanol–water partition coefficient (Wildman–Crippen LogP) is 5.08. The van der Waals surface area contributed by atoms with Gasteiger partial charge in [-0.1, -0.05) is 17.9 Å². The minimum Gasteiger partial charge on any atom is -0.497 e. The zero-order valence-electron chi connectivity index (χ0n) is 18.3. The Balaban J connectivity index is 1.35. The van der Waals surface area contributed by atoms with Crippen LogP contribution in [0.1, 0.15) is 35.9 Å². The Kier molecular flexibility index (Phi) is 7.75. The molecule has 3 heterocycles. The van der Waals surface area contributed by atoms with Gasteiger partial charge in [-0.2, -0.15) is 0 Å². The standard InChI is InChI=1S/C26H29FN2O2S/c1-31-21-7-9-26-24(16-21)23(10-12-28-26)25(27)8-6-19-11-14-29(17-20(19)18-30)13-2-4-22-5-3-15-32-22/h3,5,7,9-10,12,15-16,19-20,25,30H,6,8,11,13-14,17-18H2,1H3/t19-,20-,25-/m1/s1. The van der Waals surface area contributed by atoms with Crippen molar-refractivity contribution in [3.63, 3.8) is 0 Å². The molecule has 0 amide bonds. The molecule has 3 atom stereocenters. The predicted molar refractivity (Wildman–Crippen MR) is 128 cm³/mol. The van der Waals surface area contributed by atoms with Crippen LogP contribution < -0.4 is 4.74 Å². The van der Waals surface area contributed by atoms with E-state index in [9.17, 15) is 5.11 Å². The van der Waals surface area contributed by atoms with Gasteiger partial charge in [0.1, 0.15) is 11.9 Å². The Labute approximate surface area is 193 Å². The van der Waals surface area contributed by atoms with Crippen LogP contribution in [0.2, 0.25) is 0 Å². The molecule has 0 unspecified atom stereocenters. The quantitative estimate of drug-likeness (QED) is 0.508. The molecule has 6 heteroatoms. The minimum absolute atomic E-state index is 0.131. The Morgan fingerprint density at radius 2 is 2.22 bits per heavy atom. The van der Waals surface area contributed by atoms with Crippen LogP contribution in [-0.2, 0) is 0 Å². The molecular formula is C26H29FN2O2S. The van der Waals surface area contributed by atoms with Crippen LogP contribution in [0.25, 0.3) is 10.9 Å². The van der Waals surface area contributed by atoms with Crippen molar-refractivity contribution in [2.75, 3.05) is 33.4 Å². The van der Waals surface area contributed by atoms with Crippen LogP contribution in [0.4, 0.5) is 4.39 Å². The topological polar surface area (TPSA) is 45.6 Å². The van der Waals surface area contributed by atoms with Crippen molar-refractivity contribution < 1.29 is 14.2 Å². The summed E-state index contributed by atoms with van der Waals surface area (Å²) in [6.07, 6.45) is 2.76. The van der Waals surface area contributed by atoms with Crippen molar-refractivity contribution in [1.82, 2.24) is 9.88 Å². The zero-order valence-corrected chi connectivity index (χ0v) is 19.2. The van der Waals surface area contributed by atoms with Crippen LogP contribution >= 0.6 is 11.3 Å². The van der Waals surface area contributed by atoms with E-state index in [1.165, 1.54) is 0 Å². The number of hydrogen-bond donors (Lipinski definition) is 1. The third kappa shape index (κ3) is 5.47. The molecule has 4 nitrogen and oxygen atoms in total. The smallest absolute Gasteiger partial charge is 0.126 e. The molecule has 0 bridgehead atoms.